The summed E-state index contributed by atoms with van der Waals surface area (Å²) in [6.07, 6.45) is -5.41. The van der Waals surface area contributed by atoms with E-state index in [1.54, 1.807) is 0 Å². The largest absolute Gasteiger partial charge is 0.462 e. The van der Waals surface area contributed by atoms with Crippen LogP contribution in [0.5, 0.6) is 0 Å². The van der Waals surface area contributed by atoms with Gasteiger partial charge in [-0.05, 0) is 12.8 Å². The van der Waals surface area contributed by atoms with Crippen molar-refractivity contribution in [1.82, 2.24) is 0 Å². The van der Waals surface area contributed by atoms with Crippen molar-refractivity contribution in [3.05, 3.63) is 35.9 Å². The Balaban J connectivity index is 2.26. The molecular formula is C20H25F3O5. The van der Waals surface area contributed by atoms with Gasteiger partial charge in [-0.2, -0.15) is 13.2 Å². The molecule has 5 atom stereocenters. The van der Waals surface area contributed by atoms with Crippen LogP contribution in [0.25, 0.3) is 0 Å². The first-order valence-corrected chi connectivity index (χ1v) is 9.17. The Labute approximate surface area is 162 Å². The lowest BCUT2D eigenvalue weighted by Crippen LogP contribution is -2.52. The summed E-state index contributed by atoms with van der Waals surface area (Å²) in [5.74, 6) is -2.89. The maximum Gasteiger partial charge on any atom is 0.432 e. The van der Waals surface area contributed by atoms with Crippen molar-refractivity contribution in [3.63, 3.8) is 0 Å². The van der Waals surface area contributed by atoms with E-state index in [1.807, 2.05) is 13.8 Å². The van der Waals surface area contributed by atoms with E-state index in [0.29, 0.717) is 6.42 Å². The van der Waals surface area contributed by atoms with E-state index in [9.17, 15) is 22.8 Å². The number of cyclic esters (lactones) is 1. The number of methoxy groups -OCH3 is 1. The monoisotopic (exact) mass is 402 g/mol. The number of hydrogen-bond acceptors (Lipinski definition) is 5. The van der Waals surface area contributed by atoms with Gasteiger partial charge in [-0.15, -0.1) is 0 Å². The Hall–Kier alpha value is -2.09. The SMILES string of the molecule is CC[C@H](C)[C@@H]1C[C@@H]([C@@H](C)OC(=O)[C@@](OC)(c2ccccc2)C(F)(F)F)C(=O)O1. The molecule has 28 heavy (non-hydrogen) atoms. The molecule has 1 aromatic rings. The number of carbonyl (C=O) groups excluding carboxylic acids is 2. The second-order valence-corrected chi connectivity index (χ2v) is 7.06. The summed E-state index contributed by atoms with van der Waals surface area (Å²) in [5.41, 5.74) is -3.67. The zero-order valence-corrected chi connectivity index (χ0v) is 16.3. The molecule has 1 aromatic carbocycles. The number of halogens is 3. The highest BCUT2D eigenvalue weighted by molar-refractivity contribution is 5.83. The van der Waals surface area contributed by atoms with Gasteiger partial charge in [0.15, 0.2) is 0 Å². The molecule has 5 nitrogen and oxygen atoms in total. The smallest absolute Gasteiger partial charge is 0.432 e. The van der Waals surface area contributed by atoms with Crippen molar-refractivity contribution < 1.29 is 37.0 Å². The summed E-state index contributed by atoms with van der Waals surface area (Å²) in [5, 5.41) is 0. The average Bonchev–Trinajstić information content (AvgIpc) is 3.03. The Morgan fingerprint density at radius 2 is 1.86 bits per heavy atom. The van der Waals surface area contributed by atoms with Crippen LogP contribution in [0.2, 0.25) is 0 Å². The highest BCUT2D eigenvalue weighted by atomic mass is 19.4. The molecule has 0 bridgehead atoms. The molecule has 0 radical (unpaired) electrons. The first kappa shape index (κ1) is 22.2. The molecule has 1 saturated heterocycles. The van der Waals surface area contributed by atoms with Crippen molar-refractivity contribution >= 4 is 11.9 Å². The summed E-state index contributed by atoms with van der Waals surface area (Å²) in [7, 11) is 0.801. The fourth-order valence-corrected chi connectivity index (χ4v) is 3.35. The summed E-state index contributed by atoms with van der Waals surface area (Å²) >= 11 is 0. The van der Waals surface area contributed by atoms with Gasteiger partial charge in [0.05, 0.1) is 5.92 Å². The quantitative estimate of drug-likeness (QED) is 0.645. The molecule has 1 heterocycles. The maximum atomic E-state index is 13.9. The lowest BCUT2D eigenvalue weighted by Gasteiger charge is -2.33. The molecule has 1 fully saturated rings. The van der Waals surface area contributed by atoms with Crippen molar-refractivity contribution in [3.8, 4) is 0 Å². The van der Waals surface area contributed by atoms with Crippen LogP contribution in [-0.4, -0.2) is 37.4 Å². The lowest BCUT2D eigenvalue weighted by molar-refractivity contribution is -0.278. The first-order valence-electron chi connectivity index (χ1n) is 9.17. The molecule has 0 aromatic heterocycles. The number of alkyl halides is 3. The highest BCUT2D eigenvalue weighted by Crippen LogP contribution is 2.43. The van der Waals surface area contributed by atoms with E-state index in [1.165, 1.54) is 25.1 Å². The third kappa shape index (κ3) is 4.01. The lowest BCUT2D eigenvalue weighted by atomic mass is 9.91. The van der Waals surface area contributed by atoms with E-state index >= 15 is 0 Å². The van der Waals surface area contributed by atoms with Crippen LogP contribution in [0, 0.1) is 11.8 Å². The minimum absolute atomic E-state index is 0.106. The molecule has 8 heteroatoms. The van der Waals surface area contributed by atoms with Gasteiger partial charge in [-0.25, -0.2) is 4.79 Å². The van der Waals surface area contributed by atoms with E-state index in [2.05, 4.69) is 0 Å². The second-order valence-electron chi connectivity index (χ2n) is 7.06. The Morgan fingerprint density at radius 1 is 1.25 bits per heavy atom. The molecule has 0 saturated carbocycles. The van der Waals surface area contributed by atoms with E-state index in [4.69, 9.17) is 14.2 Å². The van der Waals surface area contributed by atoms with Gasteiger partial charge < -0.3 is 14.2 Å². The molecule has 2 rings (SSSR count). The van der Waals surface area contributed by atoms with Gasteiger partial charge in [-0.1, -0.05) is 50.6 Å². The molecule has 1 aliphatic heterocycles. The van der Waals surface area contributed by atoms with E-state index in [-0.39, 0.29) is 12.0 Å². The van der Waals surface area contributed by atoms with Gasteiger partial charge in [0.2, 0.25) is 0 Å². The maximum absolute atomic E-state index is 13.9. The molecule has 0 N–H and O–H groups in total. The van der Waals surface area contributed by atoms with Crippen molar-refractivity contribution in [2.45, 2.75) is 57.6 Å². The molecular weight excluding hydrogens is 377 g/mol. The number of esters is 2. The normalized spacial score (nSPS) is 24.2. The summed E-state index contributed by atoms with van der Waals surface area (Å²) in [6, 6.07) is 6.56. The predicted octanol–water partition coefficient (Wildman–Crippen LogP) is 4.00. The van der Waals surface area contributed by atoms with Crippen LogP contribution < -0.4 is 0 Å². The molecule has 156 valence electrons. The fourth-order valence-electron chi connectivity index (χ4n) is 3.35. The van der Waals surface area contributed by atoms with Gasteiger partial charge in [0, 0.05) is 19.1 Å². The minimum Gasteiger partial charge on any atom is -0.462 e. The zero-order chi connectivity index (χ0) is 21.1. The highest BCUT2D eigenvalue weighted by Gasteiger charge is 2.64. The second kappa shape index (κ2) is 8.51. The molecule has 0 spiro atoms. The molecule has 0 unspecified atom stereocenters. The average molecular weight is 402 g/mol. The van der Waals surface area contributed by atoms with Crippen LogP contribution in [0.3, 0.4) is 0 Å². The van der Waals surface area contributed by atoms with E-state index < -0.39 is 41.3 Å². The number of benzene rings is 1. The topological polar surface area (TPSA) is 61.8 Å². The first-order chi connectivity index (χ1) is 13.1. The number of ether oxygens (including phenoxy) is 3. The van der Waals surface area contributed by atoms with Crippen LogP contribution >= 0.6 is 0 Å². The molecule has 1 aliphatic rings. The summed E-state index contributed by atoms with van der Waals surface area (Å²) in [4.78, 5) is 24.8. The summed E-state index contributed by atoms with van der Waals surface area (Å²) < 4.78 is 56.9. The van der Waals surface area contributed by atoms with Crippen molar-refractivity contribution in [2.75, 3.05) is 7.11 Å². The van der Waals surface area contributed by atoms with E-state index in [0.717, 1.165) is 25.7 Å². The van der Waals surface area contributed by atoms with Crippen LogP contribution in [-0.2, 0) is 29.4 Å². The number of carbonyl (C=O) groups is 2. The van der Waals surface area contributed by atoms with Gasteiger partial charge in [-0.3, -0.25) is 4.79 Å². The third-order valence-electron chi connectivity index (χ3n) is 5.37. The van der Waals surface area contributed by atoms with Crippen molar-refractivity contribution in [2.24, 2.45) is 11.8 Å². The van der Waals surface area contributed by atoms with Crippen LogP contribution in [0.15, 0.2) is 30.3 Å². The summed E-state index contributed by atoms with van der Waals surface area (Å²) in [6.45, 7) is 5.27. The fraction of sp³-hybridized carbons (Fsp3) is 0.600. The molecule has 0 amide bonds. The van der Waals surface area contributed by atoms with Gasteiger partial charge in [0.25, 0.3) is 5.60 Å². The van der Waals surface area contributed by atoms with Crippen LogP contribution in [0.4, 0.5) is 13.2 Å². The number of rotatable bonds is 7. The Morgan fingerprint density at radius 3 is 2.36 bits per heavy atom. The number of hydrogen-bond donors (Lipinski definition) is 0. The molecule has 0 aliphatic carbocycles. The zero-order valence-electron chi connectivity index (χ0n) is 16.3. The van der Waals surface area contributed by atoms with Gasteiger partial charge >= 0.3 is 18.1 Å². The van der Waals surface area contributed by atoms with Gasteiger partial charge in [0.1, 0.15) is 12.2 Å². The van der Waals surface area contributed by atoms with Crippen LogP contribution in [0.1, 0.15) is 39.2 Å². The van der Waals surface area contributed by atoms with Crippen molar-refractivity contribution in [1.29, 1.82) is 0 Å². The standard InChI is InChI=1S/C20H25F3O5/c1-5-12(2)16-11-15(17(24)28-16)13(3)27-18(25)19(26-4,20(21,22)23)14-9-7-6-8-10-14/h6-10,12-13,15-16H,5,11H2,1-4H3/t12-,13+,15-,16-,19-/m0/s1. The Kier molecular flexibility index (Phi) is 6.75. The third-order valence-corrected chi connectivity index (χ3v) is 5.37. The minimum atomic E-state index is -5.06. The predicted molar refractivity (Wildman–Crippen MR) is 94.2 cm³/mol. The Bertz CT molecular complexity index is 691.